The number of pyridine rings is 1. The highest BCUT2D eigenvalue weighted by Gasteiger charge is 2.31. The summed E-state index contributed by atoms with van der Waals surface area (Å²) in [4.78, 5) is 25.5. The number of fused-ring (bicyclic) bond motifs is 1. The Morgan fingerprint density at radius 2 is 1.91 bits per heavy atom. The normalized spacial score (nSPS) is 13.3. The van der Waals surface area contributed by atoms with Crippen LogP contribution in [-0.4, -0.2) is 40.1 Å². The zero-order valence-electron chi connectivity index (χ0n) is 18.4. The largest absolute Gasteiger partial charge is 0.416 e. The molecule has 0 unspecified atom stereocenters. The molecule has 0 saturated heterocycles. The summed E-state index contributed by atoms with van der Waals surface area (Å²) in [7, 11) is -1.23. The van der Waals surface area contributed by atoms with Gasteiger partial charge in [-0.15, -0.1) is 0 Å². The van der Waals surface area contributed by atoms with E-state index in [-0.39, 0.29) is 18.0 Å². The van der Waals surface area contributed by atoms with E-state index in [0.717, 1.165) is 24.4 Å². The minimum absolute atomic E-state index is 0.109. The van der Waals surface area contributed by atoms with Crippen molar-refractivity contribution in [2.45, 2.75) is 51.6 Å². The second-order valence-corrected chi connectivity index (χ2v) is 14.4. The van der Waals surface area contributed by atoms with Crippen LogP contribution in [0.2, 0.25) is 25.7 Å². The molecule has 1 amide bonds. The molecular formula is C21H26F3N5O2Si. The average molecular weight is 466 g/mol. The van der Waals surface area contributed by atoms with Crippen molar-refractivity contribution >= 4 is 25.1 Å². The third-order valence-corrected chi connectivity index (χ3v) is 6.57. The number of hydrogen-bond acceptors (Lipinski definition) is 5. The average Bonchev–Trinajstić information content (AvgIpc) is 3.09. The van der Waals surface area contributed by atoms with Crippen molar-refractivity contribution < 1.29 is 22.7 Å². The lowest BCUT2D eigenvalue weighted by Crippen LogP contribution is -2.27. The minimum Gasteiger partial charge on any atom is -0.361 e. The van der Waals surface area contributed by atoms with Crippen molar-refractivity contribution in [3.8, 4) is 0 Å². The Kier molecular flexibility index (Phi) is 6.99. The van der Waals surface area contributed by atoms with Crippen molar-refractivity contribution in [3.05, 3.63) is 53.7 Å². The SMILES string of the molecule is C[C@@H](NC(=O)c1cn(COCC[Si](C)(C)C)c2nccnc12)c1cc(C(F)(F)F)ccn1. The van der Waals surface area contributed by atoms with Gasteiger partial charge in [0.2, 0.25) is 0 Å². The van der Waals surface area contributed by atoms with Gasteiger partial charge in [-0.2, -0.15) is 13.2 Å². The second-order valence-electron chi connectivity index (χ2n) is 8.75. The van der Waals surface area contributed by atoms with Gasteiger partial charge >= 0.3 is 6.18 Å². The zero-order valence-corrected chi connectivity index (χ0v) is 19.4. The Labute approximate surface area is 185 Å². The lowest BCUT2D eigenvalue weighted by atomic mass is 10.1. The molecule has 1 atom stereocenters. The highest BCUT2D eigenvalue weighted by molar-refractivity contribution is 6.76. The molecule has 0 fully saturated rings. The fourth-order valence-corrected chi connectivity index (χ4v) is 3.78. The zero-order chi connectivity index (χ0) is 23.5. The Hall–Kier alpha value is -2.79. The Morgan fingerprint density at radius 1 is 1.19 bits per heavy atom. The van der Waals surface area contributed by atoms with E-state index in [2.05, 4.69) is 39.9 Å². The number of halogens is 3. The van der Waals surface area contributed by atoms with E-state index in [0.29, 0.717) is 17.8 Å². The monoisotopic (exact) mass is 465 g/mol. The van der Waals surface area contributed by atoms with E-state index >= 15 is 0 Å². The van der Waals surface area contributed by atoms with Crippen LogP contribution in [-0.2, 0) is 17.6 Å². The molecule has 3 rings (SSSR count). The molecule has 7 nitrogen and oxygen atoms in total. The third-order valence-electron chi connectivity index (χ3n) is 4.86. The summed E-state index contributed by atoms with van der Waals surface area (Å²) < 4.78 is 46.4. The maximum absolute atomic E-state index is 13.0. The van der Waals surface area contributed by atoms with Crippen LogP contribution >= 0.6 is 0 Å². The molecule has 3 heterocycles. The number of alkyl halides is 3. The maximum Gasteiger partial charge on any atom is 0.416 e. The number of rotatable bonds is 8. The van der Waals surface area contributed by atoms with E-state index in [1.807, 2.05) is 0 Å². The van der Waals surface area contributed by atoms with Crippen LogP contribution < -0.4 is 5.32 Å². The van der Waals surface area contributed by atoms with Gasteiger partial charge < -0.3 is 14.6 Å². The summed E-state index contributed by atoms with van der Waals surface area (Å²) in [6, 6.07) is 2.09. The van der Waals surface area contributed by atoms with Crippen LogP contribution in [0.1, 0.15) is 34.6 Å². The summed E-state index contributed by atoms with van der Waals surface area (Å²) >= 11 is 0. The van der Waals surface area contributed by atoms with Gasteiger partial charge in [-0.1, -0.05) is 19.6 Å². The van der Waals surface area contributed by atoms with Crippen molar-refractivity contribution in [2.24, 2.45) is 0 Å². The van der Waals surface area contributed by atoms with Gasteiger partial charge in [0.15, 0.2) is 5.65 Å². The van der Waals surface area contributed by atoms with Crippen molar-refractivity contribution in [3.63, 3.8) is 0 Å². The van der Waals surface area contributed by atoms with E-state index in [1.54, 1.807) is 17.7 Å². The van der Waals surface area contributed by atoms with E-state index < -0.39 is 31.8 Å². The highest BCUT2D eigenvalue weighted by atomic mass is 28.3. The van der Waals surface area contributed by atoms with Crippen LogP contribution in [0, 0.1) is 0 Å². The predicted octanol–water partition coefficient (Wildman–Crippen LogP) is 4.65. The molecule has 0 saturated carbocycles. The Morgan fingerprint density at radius 3 is 2.59 bits per heavy atom. The maximum atomic E-state index is 13.0. The number of amides is 1. The first-order valence-electron chi connectivity index (χ1n) is 10.2. The van der Waals surface area contributed by atoms with Crippen molar-refractivity contribution in [2.75, 3.05) is 6.61 Å². The van der Waals surface area contributed by atoms with E-state index in [1.165, 1.54) is 12.4 Å². The van der Waals surface area contributed by atoms with Gasteiger partial charge in [0, 0.05) is 39.5 Å². The number of ether oxygens (including phenoxy) is 1. The number of carbonyl (C=O) groups excluding carboxylic acids is 1. The number of aromatic nitrogens is 4. The lowest BCUT2D eigenvalue weighted by Gasteiger charge is -2.15. The molecule has 0 bridgehead atoms. The fraction of sp³-hybridized carbons (Fsp3) is 0.429. The molecule has 0 aliphatic carbocycles. The number of carbonyl (C=O) groups is 1. The number of nitrogens with zero attached hydrogens (tertiary/aromatic N) is 4. The number of nitrogens with one attached hydrogen (secondary N) is 1. The summed E-state index contributed by atoms with van der Waals surface area (Å²) in [5, 5.41) is 2.70. The summed E-state index contributed by atoms with van der Waals surface area (Å²) in [5.41, 5.74) is 0.443. The molecule has 11 heteroatoms. The topological polar surface area (TPSA) is 81.9 Å². The van der Waals surface area contributed by atoms with Gasteiger partial charge in [0.1, 0.15) is 12.2 Å². The third kappa shape index (κ3) is 5.91. The van der Waals surface area contributed by atoms with Crippen molar-refractivity contribution in [1.29, 1.82) is 0 Å². The molecule has 172 valence electrons. The molecule has 0 spiro atoms. The van der Waals surface area contributed by atoms with Crippen LogP contribution in [0.4, 0.5) is 13.2 Å². The molecule has 0 aromatic carbocycles. The van der Waals surface area contributed by atoms with E-state index in [9.17, 15) is 18.0 Å². The molecule has 0 radical (unpaired) electrons. The van der Waals surface area contributed by atoms with Crippen LogP contribution in [0.15, 0.2) is 36.9 Å². The van der Waals surface area contributed by atoms with Gasteiger partial charge in [0.25, 0.3) is 5.91 Å². The van der Waals surface area contributed by atoms with Crippen LogP contribution in [0.5, 0.6) is 0 Å². The molecule has 1 N–H and O–H groups in total. The summed E-state index contributed by atoms with van der Waals surface area (Å²) in [5.74, 6) is -0.483. The molecule has 32 heavy (non-hydrogen) atoms. The fourth-order valence-electron chi connectivity index (χ4n) is 3.02. The van der Waals surface area contributed by atoms with Crippen molar-refractivity contribution in [1.82, 2.24) is 24.8 Å². The molecule has 3 aromatic rings. The predicted molar refractivity (Wildman–Crippen MR) is 117 cm³/mol. The summed E-state index contributed by atoms with van der Waals surface area (Å²) in [6.07, 6.45) is 1.20. The van der Waals surface area contributed by atoms with E-state index in [4.69, 9.17) is 4.74 Å². The van der Waals surface area contributed by atoms with Crippen LogP contribution in [0.3, 0.4) is 0 Å². The molecular weight excluding hydrogens is 439 g/mol. The lowest BCUT2D eigenvalue weighted by molar-refractivity contribution is -0.137. The first-order valence-corrected chi connectivity index (χ1v) is 13.9. The smallest absolute Gasteiger partial charge is 0.361 e. The summed E-state index contributed by atoms with van der Waals surface area (Å²) in [6.45, 7) is 9.18. The molecule has 0 aliphatic heterocycles. The highest BCUT2D eigenvalue weighted by Crippen LogP contribution is 2.30. The van der Waals surface area contributed by atoms with Gasteiger partial charge in [0.05, 0.1) is 22.9 Å². The minimum atomic E-state index is -4.49. The number of hydrogen-bond donors (Lipinski definition) is 1. The Balaban J connectivity index is 1.77. The van der Waals surface area contributed by atoms with Gasteiger partial charge in [-0.3, -0.25) is 14.8 Å². The first-order chi connectivity index (χ1) is 15.0. The quantitative estimate of drug-likeness (QED) is 0.387. The first kappa shape index (κ1) is 23.9. The van der Waals surface area contributed by atoms with Crippen LogP contribution in [0.25, 0.3) is 11.2 Å². The second kappa shape index (κ2) is 9.37. The standard InChI is InChI=1S/C21H26F3N5O2Si/c1-14(17-11-15(5-6-25-17)21(22,23)24)28-20(30)16-12-29(13-31-9-10-32(2,3)4)19-18(16)26-7-8-27-19/h5-8,11-12,14H,9-10,13H2,1-4H3,(H,28,30)/t14-/m1/s1. The molecule has 3 aromatic heterocycles. The van der Waals surface area contributed by atoms with Gasteiger partial charge in [-0.05, 0) is 25.1 Å². The molecule has 0 aliphatic rings. The Bertz CT molecular complexity index is 1090. The van der Waals surface area contributed by atoms with Gasteiger partial charge in [-0.25, -0.2) is 4.98 Å².